The number of rotatable bonds is 2. The fourth-order valence-corrected chi connectivity index (χ4v) is 0.874. The Morgan fingerprint density at radius 2 is 2.54 bits per heavy atom. The molecule has 0 aromatic carbocycles. The van der Waals surface area contributed by atoms with Gasteiger partial charge in [0.05, 0.1) is 6.61 Å². The van der Waals surface area contributed by atoms with Crippen molar-refractivity contribution in [2.45, 2.75) is 6.92 Å². The zero-order valence-corrected chi connectivity index (χ0v) is 7.44. The number of imidazole rings is 1. The van der Waals surface area contributed by atoms with E-state index in [4.69, 9.17) is 10.00 Å². The van der Waals surface area contributed by atoms with E-state index in [2.05, 4.69) is 4.98 Å². The molecule has 0 atom stereocenters. The maximum Gasteiger partial charge on any atom is 0.358 e. The molecule has 1 heterocycles. The molecule has 1 rings (SSSR count). The lowest BCUT2D eigenvalue weighted by Gasteiger charge is -1.95. The molecule has 0 aliphatic rings. The van der Waals surface area contributed by atoms with Crippen molar-refractivity contribution in [1.29, 1.82) is 5.26 Å². The number of hydrogen-bond acceptors (Lipinski definition) is 4. The van der Waals surface area contributed by atoms with Crippen LogP contribution in [0.4, 0.5) is 0 Å². The molecule has 0 saturated heterocycles. The van der Waals surface area contributed by atoms with Gasteiger partial charge in [-0.25, -0.2) is 9.78 Å². The second-order valence-electron chi connectivity index (χ2n) is 2.39. The highest BCUT2D eigenvalue weighted by Gasteiger charge is 2.12. The molecule has 0 aliphatic carbocycles. The minimum atomic E-state index is -0.500. The predicted octanol–water partition coefficient (Wildman–Crippen LogP) is 0.468. The highest BCUT2D eigenvalue weighted by Crippen LogP contribution is 2.01. The van der Waals surface area contributed by atoms with E-state index in [9.17, 15) is 4.79 Å². The molecule has 5 heteroatoms. The Kier molecular flexibility index (Phi) is 2.65. The molecule has 13 heavy (non-hydrogen) atoms. The third-order valence-corrected chi connectivity index (χ3v) is 1.46. The lowest BCUT2D eigenvalue weighted by Crippen LogP contribution is -2.04. The second kappa shape index (κ2) is 3.72. The standard InChI is InChI=1S/C8H9N3O2/c1-3-13-8(12)6-5-11(2)7(4-9)10-6/h5H,3H2,1-2H3. The van der Waals surface area contributed by atoms with Crippen molar-refractivity contribution in [2.24, 2.45) is 7.05 Å². The van der Waals surface area contributed by atoms with Crippen molar-refractivity contribution >= 4 is 5.97 Å². The highest BCUT2D eigenvalue weighted by molar-refractivity contribution is 5.87. The molecule has 0 aliphatic heterocycles. The van der Waals surface area contributed by atoms with Gasteiger partial charge in [0.2, 0.25) is 5.82 Å². The molecule has 0 radical (unpaired) electrons. The van der Waals surface area contributed by atoms with Gasteiger partial charge in [-0.2, -0.15) is 5.26 Å². The molecule has 0 bridgehead atoms. The monoisotopic (exact) mass is 179 g/mol. The van der Waals surface area contributed by atoms with Gasteiger partial charge in [-0.1, -0.05) is 0 Å². The molecule has 0 amide bonds. The summed E-state index contributed by atoms with van der Waals surface area (Å²) < 4.78 is 6.19. The van der Waals surface area contributed by atoms with Crippen LogP contribution in [0.25, 0.3) is 0 Å². The lowest BCUT2D eigenvalue weighted by molar-refractivity contribution is 0.0520. The molecule has 1 aromatic heterocycles. The van der Waals surface area contributed by atoms with Gasteiger partial charge in [-0.05, 0) is 6.92 Å². The third-order valence-electron chi connectivity index (χ3n) is 1.46. The molecular formula is C8H9N3O2. The number of esters is 1. The first-order valence-corrected chi connectivity index (χ1v) is 3.79. The predicted molar refractivity (Wildman–Crippen MR) is 43.9 cm³/mol. The number of ether oxygens (including phenoxy) is 1. The Bertz CT molecular complexity index is 362. The summed E-state index contributed by atoms with van der Waals surface area (Å²) >= 11 is 0. The zero-order chi connectivity index (χ0) is 9.84. The number of carbonyl (C=O) groups is 1. The first kappa shape index (κ1) is 9.26. The number of aromatic nitrogens is 2. The Hall–Kier alpha value is -1.83. The summed E-state index contributed by atoms with van der Waals surface area (Å²) in [5.41, 5.74) is 0.168. The molecule has 0 spiro atoms. The number of nitriles is 1. The highest BCUT2D eigenvalue weighted by atomic mass is 16.5. The summed E-state index contributed by atoms with van der Waals surface area (Å²) in [5, 5.41) is 8.56. The number of carbonyl (C=O) groups excluding carboxylic acids is 1. The number of hydrogen-bond donors (Lipinski definition) is 0. The van der Waals surface area contributed by atoms with E-state index in [1.165, 1.54) is 10.8 Å². The van der Waals surface area contributed by atoms with Crippen molar-refractivity contribution in [3.63, 3.8) is 0 Å². The van der Waals surface area contributed by atoms with Crippen LogP contribution in [0.15, 0.2) is 6.20 Å². The van der Waals surface area contributed by atoms with Crippen LogP contribution < -0.4 is 0 Å². The van der Waals surface area contributed by atoms with E-state index in [1.54, 1.807) is 14.0 Å². The third kappa shape index (κ3) is 1.85. The summed E-state index contributed by atoms with van der Waals surface area (Å²) in [6.07, 6.45) is 1.47. The van der Waals surface area contributed by atoms with Gasteiger partial charge in [-0.3, -0.25) is 0 Å². The van der Waals surface area contributed by atoms with Gasteiger partial charge in [-0.15, -0.1) is 0 Å². The van der Waals surface area contributed by atoms with E-state index in [-0.39, 0.29) is 11.5 Å². The van der Waals surface area contributed by atoms with Gasteiger partial charge in [0.15, 0.2) is 5.69 Å². The van der Waals surface area contributed by atoms with Crippen LogP contribution in [-0.4, -0.2) is 22.1 Å². The lowest BCUT2D eigenvalue weighted by atomic mass is 10.5. The second-order valence-corrected chi connectivity index (χ2v) is 2.39. The molecule has 5 nitrogen and oxygen atoms in total. The molecule has 1 aromatic rings. The summed E-state index contributed by atoms with van der Waals surface area (Å²) in [5.74, 6) is -0.303. The molecular weight excluding hydrogens is 170 g/mol. The van der Waals surface area contributed by atoms with Crippen LogP contribution in [-0.2, 0) is 11.8 Å². The molecule has 0 N–H and O–H groups in total. The van der Waals surface area contributed by atoms with Crippen LogP contribution in [0, 0.1) is 11.3 Å². The van der Waals surface area contributed by atoms with E-state index >= 15 is 0 Å². The van der Waals surface area contributed by atoms with Gasteiger partial charge >= 0.3 is 5.97 Å². The summed E-state index contributed by atoms with van der Waals surface area (Å²) in [7, 11) is 1.65. The minimum absolute atomic E-state index is 0.168. The van der Waals surface area contributed by atoms with Gasteiger partial charge in [0, 0.05) is 13.2 Å². The van der Waals surface area contributed by atoms with Crippen LogP contribution >= 0.6 is 0 Å². The normalized spacial score (nSPS) is 9.31. The van der Waals surface area contributed by atoms with E-state index in [0.717, 1.165) is 0 Å². The average Bonchev–Trinajstić information content (AvgIpc) is 2.47. The summed E-state index contributed by atoms with van der Waals surface area (Å²) in [4.78, 5) is 14.9. The summed E-state index contributed by atoms with van der Waals surface area (Å²) in [6, 6.07) is 1.86. The van der Waals surface area contributed by atoms with Crippen LogP contribution in [0.2, 0.25) is 0 Å². The minimum Gasteiger partial charge on any atom is -0.461 e. The largest absolute Gasteiger partial charge is 0.461 e. The first-order chi connectivity index (χ1) is 6.19. The van der Waals surface area contributed by atoms with E-state index < -0.39 is 5.97 Å². The number of nitrogens with zero attached hydrogens (tertiary/aromatic N) is 3. The topological polar surface area (TPSA) is 67.9 Å². The van der Waals surface area contributed by atoms with Crippen molar-refractivity contribution in [2.75, 3.05) is 6.61 Å². The van der Waals surface area contributed by atoms with Crippen molar-refractivity contribution < 1.29 is 9.53 Å². The molecule has 68 valence electrons. The van der Waals surface area contributed by atoms with E-state index in [1.807, 2.05) is 6.07 Å². The first-order valence-electron chi connectivity index (χ1n) is 3.79. The zero-order valence-electron chi connectivity index (χ0n) is 7.44. The van der Waals surface area contributed by atoms with Gasteiger partial charge in [0.25, 0.3) is 0 Å². The molecule has 0 unspecified atom stereocenters. The fraction of sp³-hybridized carbons (Fsp3) is 0.375. The quantitative estimate of drug-likeness (QED) is 0.619. The van der Waals surface area contributed by atoms with Crippen molar-refractivity contribution in [3.05, 3.63) is 17.7 Å². The fourth-order valence-electron chi connectivity index (χ4n) is 0.874. The summed E-state index contributed by atoms with van der Waals surface area (Å²) in [6.45, 7) is 2.02. The maximum absolute atomic E-state index is 11.1. The Morgan fingerprint density at radius 1 is 1.85 bits per heavy atom. The van der Waals surface area contributed by atoms with Crippen LogP contribution in [0.5, 0.6) is 0 Å². The molecule has 0 fully saturated rings. The van der Waals surface area contributed by atoms with Crippen LogP contribution in [0.3, 0.4) is 0 Å². The molecule has 0 saturated carbocycles. The van der Waals surface area contributed by atoms with E-state index in [0.29, 0.717) is 6.61 Å². The smallest absolute Gasteiger partial charge is 0.358 e. The SMILES string of the molecule is CCOC(=O)c1cn(C)c(C#N)n1. The van der Waals surface area contributed by atoms with Crippen molar-refractivity contribution in [3.8, 4) is 6.07 Å². The Labute approximate surface area is 75.6 Å². The van der Waals surface area contributed by atoms with Crippen molar-refractivity contribution in [1.82, 2.24) is 9.55 Å². The number of aryl methyl sites for hydroxylation is 1. The van der Waals surface area contributed by atoms with Crippen LogP contribution in [0.1, 0.15) is 23.2 Å². The van der Waals surface area contributed by atoms with Gasteiger partial charge in [0.1, 0.15) is 6.07 Å². The maximum atomic E-state index is 11.1. The van der Waals surface area contributed by atoms with Gasteiger partial charge < -0.3 is 9.30 Å². The Morgan fingerprint density at radius 3 is 3.00 bits per heavy atom. The Balaban J connectivity index is 2.92. The average molecular weight is 179 g/mol.